The fraction of sp³-hybridized carbons (Fsp3) is 0.355. The normalized spacial score (nSPS) is 12.0. The highest BCUT2D eigenvalue weighted by molar-refractivity contribution is 7.92. The van der Waals surface area contributed by atoms with Gasteiger partial charge in [-0.2, -0.15) is 0 Å². The third-order valence-electron chi connectivity index (χ3n) is 6.67. The summed E-state index contributed by atoms with van der Waals surface area (Å²) in [6.07, 6.45) is 0.232. The summed E-state index contributed by atoms with van der Waals surface area (Å²) in [6.45, 7) is 5.19. The van der Waals surface area contributed by atoms with Crippen LogP contribution in [0.5, 0.6) is 11.5 Å². The van der Waals surface area contributed by atoms with Crippen LogP contribution in [-0.2, 0) is 26.2 Å². The van der Waals surface area contributed by atoms with E-state index in [1.165, 1.54) is 73.7 Å². The smallest absolute Gasteiger partial charge is 0.264 e. The van der Waals surface area contributed by atoms with Gasteiger partial charge in [-0.3, -0.25) is 13.9 Å². The highest BCUT2D eigenvalue weighted by atomic mass is 32.2. The predicted molar refractivity (Wildman–Crippen MR) is 159 cm³/mol. The first-order valence-electron chi connectivity index (χ1n) is 13.7. The highest BCUT2D eigenvalue weighted by Gasteiger charge is 2.34. The lowest BCUT2D eigenvalue weighted by Crippen LogP contribution is -2.52. The predicted octanol–water partition coefficient (Wildman–Crippen LogP) is 4.76. The molecule has 0 heterocycles. The lowest BCUT2D eigenvalue weighted by atomic mass is 10.1. The van der Waals surface area contributed by atoms with E-state index < -0.39 is 46.1 Å². The van der Waals surface area contributed by atoms with E-state index in [0.717, 1.165) is 16.4 Å². The minimum atomic E-state index is -4.43. The second-order valence-corrected chi connectivity index (χ2v) is 12.1. The summed E-state index contributed by atoms with van der Waals surface area (Å²) in [4.78, 5) is 28.4. The van der Waals surface area contributed by atoms with Gasteiger partial charge < -0.3 is 19.7 Å². The van der Waals surface area contributed by atoms with Crippen molar-refractivity contribution in [3.63, 3.8) is 0 Å². The minimum absolute atomic E-state index is 0.0311. The molecule has 43 heavy (non-hydrogen) atoms. The number of ether oxygens (including phenoxy) is 2. The van der Waals surface area contributed by atoms with Crippen LogP contribution in [0.25, 0.3) is 0 Å². The van der Waals surface area contributed by atoms with E-state index in [1.807, 2.05) is 13.8 Å². The van der Waals surface area contributed by atoms with Crippen molar-refractivity contribution in [3.8, 4) is 11.5 Å². The molecular formula is C31H37F2N3O6S. The Kier molecular flexibility index (Phi) is 11.5. The van der Waals surface area contributed by atoms with Gasteiger partial charge in [-0.15, -0.1) is 0 Å². The summed E-state index contributed by atoms with van der Waals surface area (Å²) < 4.78 is 66.9. The van der Waals surface area contributed by atoms with Crippen LogP contribution in [0, 0.1) is 17.6 Å². The molecule has 0 unspecified atom stereocenters. The number of sulfonamides is 1. The Morgan fingerprint density at radius 2 is 1.47 bits per heavy atom. The summed E-state index contributed by atoms with van der Waals surface area (Å²) in [5.74, 6) is -1.54. The maximum absolute atomic E-state index is 14.1. The van der Waals surface area contributed by atoms with E-state index in [9.17, 15) is 26.8 Å². The maximum atomic E-state index is 14.1. The van der Waals surface area contributed by atoms with E-state index >= 15 is 0 Å². The molecule has 3 aromatic rings. The van der Waals surface area contributed by atoms with Crippen molar-refractivity contribution in [3.05, 3.63) is 83.9 Å². The van der Waals surface area contributed by atoms with Crippen molar-refractivity contribution in [1.29, 1.82) is 0 Å². The van der Waals surface area contributed by atoms with E-state index in [0.29, 0.717) is 17.9 Å². The quantitative estimate of drug-likeness (QED) is 0.280. The first-order valence-corrected chi connectivity index (χ1v) is 15.2. The molecule has 232 valence electrons. The average Bonchev–Trinajstić information content (AvgIpc) is 2.99. The molecule has 0 fully saturated rings. The van der Waals surface area contributed by atoms with Crippen LogP contribution in [0.4, 0.5) is 14.5 Å². The summed E-state index contributed by atoms with van der Waals surface area (Å²) in [5.41, 5.74) is 0.574. The molecule has 2 amide bonds. The molecule has 9 nitrogen and oxygen atoms in total. The first-order chi connectivity index (χ1) is 20.4. The molecule has 0 bridgehead atoms. The fourth-order valence-electron chi connectivity index (χ4n) is 4.37. The third-order valence-corrected chi connectivity index (χ3v) is 8.44. The van der Waals surface area contributed by atoms with Crippen LogP contribution in [0.3, 0.4) is 0 Å². The summed E-state index contributed by atoms with van der Waals surface area (Å²) in [5, 5.41) is 2.84. The Labute approximate surface area is 251 Å². The molecular weight excluding hydrogens is 580 g/mol. The molecule has 1 N–H and O–H groups in total. The highest BCUT2D eigenvalue weighted by Crippen LogP contribution is 2.32. The second-order valence-electron chi connectivity index (χ2n) is 10.2. The molecule has 0 radical (unpaired) electrons. The molecule has 0 saturated carbocycles. The van der Waals surface area contributed by atoms with Crippen LogP contribution in [0.2, 0.25) is 0 Å². The Hall–Kier alpha value is -4.19. The SMILES string of the molecule is CC[C@@H](C(=O)NCC(C)C)N(Cc1ccc(F)cc1)C(=O)CN(c1ccc(F)cc1)S(=O)(=O)c1ccc(OC)c(OC)c1. The number of amides is 2. The van der Waals surface area contributed by atoms with Gasteiger partial charge in [0, 0.05) is 19.2 Å². The number of halogens is 2. The van der Waals surface area contributed by atoms with Gasteiger partial charge in [0.25, 0.3) is 10.0 Å². The number of anilines is 1. The molecule has 0 aliphatic carbocycles. The van der Waals surface area contributed by atoms with E-state index in [1.54, 1.807) is 6.92 Å². The molecule has 0 aliphatic heterocycles. The maximum Gasteiger partial charge on any atom is 0.264 e. The number of hydrogen-bond acceptors (Lipinski definition) is 6. The first kappa shape index (κ1) is 33.3. The van der Waals surface area contributed by atoms with Gasteiger partial charge in [0.1, 0.15) is 24.2 Å². The number of carbonyl (C=O) groups is 2. The standard InChI is InChI=1S/C31H37F2N3O6S/c1-6-27(31(38)34-18-21(2)3)35(19-22-7-9-23(32)10-8-22)30(37)20-36(25-13-11-24(33)12-14-25)43(39,40)26-15-16-28(41-4)29(17-26)42-5/h7-17,21,27H,6,18-20H2,1-5H3,(H,34,38)/t27-/m0/s1. The molecule has 0 spiro atoms. The Balaban J connectivity index is 2.08. The number of benzene rings is 3. The van der Waals surface area contributed by atoms with Gasteiger partial charge in [-0.05, 0) is 66.4 Å². The molecule has 3 rings (SSSR count). The van der Waals surface area contributed by atoms with Crippen LogP contribution < -0.4 is 19.1 Å². The lowest BCUT2D eigenvalue weighted by Gasteiger charge is -2.33. The van der Waals surface area contributed by atoms with Crippen molar-refractivity contribution >= 4 is 27.5 Å². The van der Waals surface area contributed by atoms with Crippen LogP contribution in [-0.4, -0.2) is 58.5 Å². The van der Waals surface area contributed by atoms with Crippen LogP contribution in [0.1, 0.15) is 32.8 Å². The lowest BCUT2D eigenvalue weighted by molar-refractivity contribution is -0.140. The molecule has 12 heteroatoms. The summed E-state index contributed by atoms with van der Waals surface area (Å²) in [7, 11) is -1.66. The number of carbonyl (C=O) groups excluding carboxylic acids is 2. The van der Waals surface area contributed by atoms with Gasteiger partial charge >= 0.3 is 0 Å². The largest absolute Gasteiger partial charge is 0.493 e. The van der Waals surface area contributed by atoms with Crippen molar-refractivity contribution in [1.82, 2.24) is 10.2 Å². The van der Waals surface area contributed by atoms with Crippen molar-refractivity contribution < 1.29 is 36.3 Å². The Morgan fingerprint density at radius 1 is 0.884 bits per heavy atom. The van der Waals surface area contributed by atoms with Gasteiger partial charge in [0.2, 0.25) is 11.8 Å². The zero-order valence-corrected chi connectivity index (χ0v) is 25.7. The summed E-state index contributed by atoms with van der Waals surface area (Å²) in [6, 6.07) is 13.2. The number of rotatable bonds is 14. The minimum Gasteiger partial charge on any atom is -0.493 e. The second kappa shape index (κ2) is 14.8. The molecule has 1 atom stereocenters. The van der Waals surface area contributed by atoms with Crippen molar-refractivity contribution in [2.24, 2.45) is 5.92 Å². The number of nitrogens with one attached hydrogen (secondary N) is 1. The van der Waals surface area contributed by atoms with E-state index in [4.69, 9.17) is 9.47 Å². The Bertz CT molecular complexity index is 1500. The molecule has 0 aliphatic rings. The Morgan fingerprint density at radius 3 is 2.00 bits per heavy atom. The molecule has 3 aromatic carbocycles. The number of nitrogens with zero attached hydrogens (tertiary/aromatic N) is 2. The van der Waals surface area contributed by atoms with E-state index in [-0.39, 0.29) is 35.2 Å². The van der Waals surface area contributed by atoms with Crippen molar-refractivity contribution in [2.45, 2.75) is 44.7 Å². The zero-order chi connectivity index (χ0) is 31.7. The van der Waals surface area contributed by atoms with Gasteiger partial charge in [-0.25, -0.2) is 17.2 Å². The number of hydrogen-bond donors (Lipinski definition) is 1. The van der Waals surface area contributed by atoms with Gasteiger partial charge in [-0.1, -0.05) is 32.9 Å². The van der Waals surface area contributed by atoms with Gasteiger partial charge in [0.15, 0.2) is 11.5 Å². The molecule has 0 saturated heterocycles. The third kappa shape index (κ3) is 8.44. The fourth-order valence-corrected chi connectivity index (χ4v) is 5.80. The average molecular weight is 618 g/mol. The van der Waals surface area contributed by atoms with Crippen LogP contribution >= 0.6 is 0 Å². The molecule has 0 aromatic heterocycles. The van der Waals surface area contributed by atoms with E-state index in [2.05, 4.69) is 5.32 Å². The monoisotopic (exact) mass is 617 g/mol. The zero-order valence-electron chi connectivity index (χ0n) is 24.8. The summed E-state index contributed by atoms with van der Waals surface area (Å²) >= 11 is 0. The van der Waals surface area contributed by atoms with Crippen LogP contribution in [0.15, 0.2) is 71.6 Å². The van der Waals surface area contributed by atoms with Crippen molar-refractivity contribution in [2.75, 3.05) is 31.6 Å². The topological polar surface area (TPSA) is 105 Å². The van der Waals surface area contributed by atoms with Gasteiger partial charge in [0.05, 0.1) is 24.8 Å². The number of methoxy groups -OCH3 is 2.